The van der Waals surface area contributed by atoms with E-state index in [0.29, 0.717) is 5.57 Å². The second-order valence-corrected chi connectivity index (χ2v) is 13.5. The van der Waals surface area contributed by atoms with Crippen LogP contribution in [0.2, 0.25) is 0 Å². The zero-order valence-electron chi connectivity index (χ0n) is 26.6. The van der Waals surface area contributed by atoms with E-state index in [0.717, 1.165) is 0 Å². The molecule has 2 saturated carbocycles. The lowest BCUT2D eigenvalue weighted by molar-refractivity contribution is -0.351. The number of aliphatic hydroxyl groups excluding tert-OH is 2. The highest BCUT2D eigenvalue weighted by atomic mass is 16.6. The number of rotatable bonds is 6. The number of hydrogen-bond donors (Lipinski definition) is 3. The smallest absolute Gasteiger partial charge is 0.338 e. The van der Waals surface area contributed by atoms with E-state index >= 15 is 0 Å². The minimum atomic E-state index is -1.81. The molecule has 1 aromatic carbocycles. The molecule has 3 aliphatic carbocycles. The zero-order chi connectivity index (χ0) is 33.3. The predicted octanol–water partition coefficient (Wildman–Crippen LogP) is 2.02. The van der Waals surface area contributed by atoms with Crippen LogP contribution in [0.5, 0.6) is 0 Å². The summed E-state index contributed by atoms with van der Waals surface area (Å²) in [4.78, 5) is 51.4. The monoisotopic (exact) mass is 630 g/mol. The Kier molecular flexibility index (Phi) is 8.21. The number of ether oxygens (including phenoxy) is 5. The minimum Gasteiger partial charge on any atom is -0.462 e. The molecule has 5 rings (SSSR count). The van der Waals surface area contributed by atoms with Crippen molar-refractivity contribution in [2.24, 2.45) is 16.7 Å². The Hall–Kier alpha value is -3.32. The fourth-order valence-electron chi connectivity index (χ4n) is 8.67. The van der Waals surface area contributed by atoms with Crippen LogP contribution in [0, 0.1) is 16.7 Å². The van der Waals surface area contributed by atoms with Gasteiger partial charge >= 0.3 is 23.9 Å². The molecule has 45 heavy (non-hydrogen) atoms. The van der Waals surface area contributed by atoms with Gasteiger partial charge in [0.1, 0.15) is 30.5 Å². The normalized spacial score (nSPS) is 38.8. The summed E-state index contributed by atoms with van der Waals surface area (Å²) in [5, 5.41) is 36.6. The summed E-state index contributed by atoms with van der Waals surface area (Å²) < 4.78 is 29.9. The first-order chi connectivity index (χ1) is 20.9. The third-order valence-electron chi connectivity index (χ3n) is 10.6. The minimum absolute atomic E-state index is 0.00656. The van der Waals surface area contributed by atoms with Gasteiger partial charge in [-0.2, -0.15) is 0 Å². The third-order valence-corrected chi connectivity index (χ3v) is 10.6. The van der Waals surface area contributed by atoms with Gasteiger partial charge in [-0.25, -0.2) is 4.79 Å². The molecule has 0 bridgehead atoms. The number of fused-ring (bicyclic) bond motifs is 4. The number of benzene rings is 1. The molecule has 10 atom stereocenters. The molecule has 246 valence electrons. The van der Waals surface area contributed by atoms with Crippen LogP contribution in [-0.4, -0.2) is 93.6 Å². The van der Waals surface area contributed by atoms with Crippen molar-refractivity contribution in [2.45, 2.75) is 109 Å². The summed E-state index contributed by atoms with van der Waals surface area (Å²) >= 11 is 0. The highest BCUT2D eigenvalue weighted by Crippen LogP contribution is 2.68. The van der Waals surface area contributed by atoms with Crippen LogP contribution in [0.1, 0.15) is 71.7 Å². The number of aliphatic hydroxyl groups is 3. The summed E-state index contributed by atoms with van der Waals surface area (Å²) in [5.74, 6) is -3.94. The molecule has 4 aliphatic rings. The molecular weight excluding hydrogens is 588 g/mol. The lowest BCUT2D eigenvalue weighted by Gasteiger charge is -2.65. The second kappa shape index (κ2) is 11.2. The van der Waals surface area contributed by atoms with Crippen molar-refractivity contribution in [1.82, 2.24) is 0 Å². The van der Waals surface area contributed by atoms with Crippen LogP contribution >= 0.6 is 0 Å². The van der Waals surface area contributed by atoms with E-state index in [1.54, 1.807) is 44.2 Å². The first-order valence-corrected chi connectivity index (χ1v) is 15.1. The van der Waals surface area contributed by atoms with E-state index in [1.807, 2.05) is 0 Å². The highest BCUT2D eigenvalue weighted by Gasteiger charge is 2.79. The van der Waals surface area contributed by atoms with Gasteiger partial charge in [0.25, 0.3) is 0 Å². The fourth-order valence-corrected chi connectivity index (χ4v) is 8.67. The van der Waals surface area contributed by atoms with Crippen LogP contribution in [0.25, 0.3) is 0 Å². The Balaban J connectivity index is 1.87. The van der Waals surface area contributed by atoms with Gasteiger partial charge in [0, 0.05) is 39.0 Å². The Morgan fingerprint density at radius 3 is 2.09 bits per heavy atom. The number of carbonyl (C=O) groups is 4. The summed E-state index contributed by atoms with van der Waals surface area (Å²) in [7, 11) is 0. The second-order valence-electron chi connectivity index (χ2n) is 13.5. The van der Waals surface area contributed by atoms with E-state index in [4.69, 9.17) is 23.7 Å². The molecular formula is C33H42O12. The van der Waals surface area contributed by atoms with Crippen LogP contribution < -0.4 is 0 Å². The molecule has 12 heteroatoms. The average molecular weight is 631 g/mol. The quantitative estimate of drug-likeness (QED) is 0.237. The van der Waals surface area contributed by atoms with Crippen molar-refractivity contribution in [1.29, 1.82) is 0 Å². The first kappa shape index (κ1) is 33.1. The summed E-state index contributed by atoms with van der Waals surface area (Å²) in [6, 6.07) is 8.14. The van der Waals surface area contributed by atoms with Crippen molar-refractivity contribution < 1.29 is 58.2 Å². The van der Waals surface area contributed by atoms with E-state index in [2.05, 4.69) is 0 Å². The van der Waals surface area contributed by atoms with Gasteiger partial charge in [0.2, 0.25) is 0 Å². The maximum atomic E-state index is 14.0. The average Bonchev–Trinajstić information content (AvgIpc) is 3.20. The van der Waals surface area contributed by atoms with Crippen LogP contribution in [0.15, 0.2) is 41.5 Å². The summed E-state index contributed by atoms with van der Waals surface area (Å²) in [6.45, 7) is 9.71. The van der Waals surface area contributed by atoms with Crippen molar-refractivity contribution >= 4 is 23.9 Å². The summed E-state index contributed by atoms with van der Waals surface area (Å²) in [6.07, 6.45) is -7.90. The van der Waals surface area contributed by atoms with Crippen LogP contribution in [0.4, 0.5) is 0 Å². The van der Waals surface area contributed by atoms with E-state index in [-0.39, 0.29) is 30.6 Å². The van der Waals surface area contributed by atoms with Gasteiger partial charge in [-0.3, -0.25) is 14.4 Å². The molecule has 0 spiro atoms. The van der Waals surface area contributed by atoms with Crippen molar-refractivity contribution in [3.8, 4) is 0 Å². The van der Waals surface area contributed by atoms with E-state index in [1.165, 1.54) is 34.6 Å². The van der Waals surface area contributed by atoms with Gasteiger partial charge in [0.15, 0.2) is 5.60 Å². The highest BCUT2D eigenvalue weighted by molar-refractivity contribution is 5.89. The fraction of sp³-hybridized carbons (Fsp3) is 0.636. The standard InChI is InChI=1S/C33H42O12/c1-16-21(42-17(2)34)14-32(30(5,6)40)24(16)25(37)27(38)31(7)22(43-18(3)35)13-23-33(15-41-23,45-19(4)36)26(31)28(32)44-29(39)20-11-9-8-10-12-20/h8-12,21-23,25-28,37-38,40H,13-15H2,1-7H3/t21-,22-,23+,25+,26-,27-,28-,31+,32-,33-/m0/s1. The van der Waals surface area contributed by atoms with E-state index in [9.17, 15) is 34.5 Å². The number of carbonyl (C=O) groups excluding carboxylic acids is 4. The molecule has 1 aromatic rings. The Bertz CT molecular complexity index is 1410. The van der Waals surface area contributed by atoms with Crippen LogP contribution in [0.3, 0.4) is 0 Å². The molecule has 0 radical (unpaired) electrons. The molecule has 3 fully saturated rings. The summed E-state index contributed by atoms with van der Waals surface area (Å²) in [5.41, 5.74) is -5.99. The Morgan fingerprint density at radius 1 is 0.956 bits per heavy atom. The van der Waals surface area contributed by atoms with Crippen LogP contribution in [-0.2, 0) is 38.1 Å². The van der Waals surface area contributed by atoms with Crippen molar-refractivity contribution in [3.05, 3.63) is 47.0 Å². The lowest BCUT2D eigenvalue weighted by atomic mass is 9.49. The predicted molar refractivity (Wildman–Crippen MR) is 155 cm³/mol. The Morgan fingerprint density at radius 2 is 1.58 bits per heavy atom. The Labute approximate surface area is 261 Å². The van der Waals surface area contributed by atoms with Gasteiger partial charge in [0.05, 0.1) is 35.2 Å². The molecule has 1 heterocycles. The maximum Gasteiger partial charge on any atom is 0.338 e. The van der Waals surface area contributed by atoms with Gasteiger partial charge in [-0.05, 0) is 44.1 Å². The van der Waals surface area contributed by atoms with Gasteiger partial charge in [-0.15, -0.1) is 0 Å². The van der Waals surface area contributed by atoms with Crippen molar-refractivity contribution in [3.63, 3.8) is 0 Å². The largest absolute Gasteiger partial charge is 0.462 e. The van der Waals surface area contributed by atoms with Gasteiger partial charge < -0.3 is 39.0 Å². The SMILES string of the molecule is CC(=O)O[C@H]1C[C@]2(C(C)(C)O)C(=C1C)[C@@H](O)[C@H](O)[C@]1(C)[C@@H](OC(C)=O)C[C@H]3OC[C@@]3(OC(C)=O)[C@H]1[C@@H]2OC(=O)c1ccccc1. The van der Waals surface area contributed by atoms with E-state index < -0.39 is 88.5 Å². The maximum absolute atomic E-state index is 14.0. The molecule has 12 nitrogen and oxygen atoms in total. The number of hydrogen-bond acceptors (Lipinski definition) is 12. The molecule has 1 aliphatic heterocycles. The molecule has 0 aromatic heterocycles. The third kappa shape index (κ3) is 4.88. The molecule has 0 amide bonds. The zero-order valence-corrected chi connectivity index (χ0v) is 26.6. The first-order valence-electron chi connectivity index (χ1n) is 15.1. The molecule has 1 saturated heterocycles. The topological polar surface area (TPSA) is 175 Å². The lowest BCUT2D eigenvalue weighted by Crippen LogP contribution is -2.79. The molecule has 0 unspecified atom stereocenters. The molecule has 3 N–H and O–H groups in total. The van der Waals surface area contributed by atoms with Crippen molar-refractivity contribution in [2.75, 3.05) is 6.61 Å². The number of esters is 4. The van der Waals surface area contributed by atoms with Gasteiger partial charge in [-0.1, -0.05) is 25.1 Å².